The minimum absolute atomic E-state index is 0.246. The van der Waals surface area contributed by atoms with Crippen molar-refractivity contribution < 1.29 is 4.74 Å². The molecule has 2 atom stereocenters. The molecule has 2 heteroatoms. The molecule has 2 unspecified atom stereocenters. The maximum absolute atomic E-state index is 5.49. The second-order valence-corrected chi connectivity index (χ2v) is 6.33. The molecule has 0 aromatic heterocycles. The van der Waals surface area contributed by atoms with Crippen LogP contribution in [0.3, 0.4) is 0 Å². The van der Waals surface area contributed by atoms with Crippen LogP contribution in [0.4, 0.5) is 0 Å². The van der Waals surface area contributed by atoms with Gasteiger partial charge in [-0.05, 0) is 36.0 Å². The fourth-order valence-electron chi connectivity index (χ4n) is 3.43. The van der Waals surface area contributed by atoms with E-state index in [-0.39, 0.29) is 6.23 Å². The van der Waals surface area contributed by atoms with Crippen molar-refractivity contribution >= 4 is 0 Å². The van der Waals surface area contributed by atoms with Crippen LogP contribution in [0.2, 0.25) is 0 Å². The summed E-state index contributed by atoms with van der Waals surface area (Å²) < 4.78 is 5.49. The lowest BCUT2D eigenvalue weighted by atomic mass is 9.58. The van der Waals surface area contributed by atoms with Crippen LogP contribution in [0.15, 0.2) is 0 Å². The molecule has 0 saturated carbocycles. The number of rotatable bonds is 3. The maximum Gasteiger partial charge on any atom is 0.108 e. The van der Waals surface area contributed by atoms with Crippen LogP contribution in [-0.2, 0) is 4.74 Å². The summed E-state index contributed by atoms with van der Waals surface area (Å²) in [6.45, 7) is 12.9. The standard InChI is InChI=1S/C14H29NO/c1-7-14(8-2)10-15-12(16-6)9-11(14)13(3,4)5/h11-12,15H,7-10H2,1-6H3. The number of nitrogens with one attached hydrogen (secondary N) is 1. The van der Waals surface area contributed by atoms with Gasteiger partial charge in [0.15, 0.2) is 0 Å². The number of methoxy groups -OCH3 is 1. The number of ether oxygens (including phenoxy) is 1. The van der Waals surface area contributed by atoms with Gasteiger partial charge >= 0.3 is 0 Å². The molecule has 1 aliphatic rings. The van der Waals surface area contributed by atoms with Gasteiger partial charge < -0.3 is 4.74 Å². The lowest BCUT2D eigenvalue weighted by Gasteiger charge is -2.52. The monoisotopic (exact) mass is 227 g/mol. The van der Waals surface area contributed by atoms with E-state index < -0.39 is 0 Å². The molecule has 1 heterocycles. The lowest BCUT2D eigenvalue weighted by molar-refractivity contribution is -0.0673. The zero-order valence-corrected chi connectivity index (χ0v) is 11.9. The van der Waals surface area contributed by atoms with Gasteiger partial charge in [0.25, 0.3) is 0 Å². The topological polar surface area (TPSA) is 21.3 Å². The number of hydrogen-bond donors (Lipinski definition) is 1. The normalized spacial score (nSPS) is 30.4. The van der Waals surface area contributed by atoms with Crippen molar-refractivity contribution in [2.75, 3.05) is 13.7 Å². The van der Waals surface area contributed by atoms with E-state index in [1.54, 1.807) is 0 Å². The summed E-state index contributed by atoms with van der Waals surface area (Å²) in [6.07, 6.45) is 3.90. The van der Waals surface area contributed by atoms with Crippen molar-refractivity contribution in [3.05, 3.63) is 0 Å². The van der Waals surface area contributed by atoms with Gasteiger partial charge in [-0.25, -0.2) is 0 Å². The number of hydrogen-bond acceptors (Lipinski definition) is 2. The molecule has 0 aromatic rings. The first-order chi connectivity index (χ1) is 7.39. The highest BCUT2D eigenvalue weighted by Gasteiger charge is 2.46. The molecule has 16 heavy (non-hydrogen) atoms. The van der Waals surface area contributed by atoms with Gasteiger partial charge in [0, 0.05) is 13.7 Å². The molecule has 96 valence electrons. The summed E-state index contributed by atoms with van der Waals surface area (Å²) in [5.74, 6) is 0.737. The van der Waals surface area contributed by atoms with Crippen LogP contribution >= 0.6 is 0 Å². The van der Waals surface area contributed by atoms with E-state index in [2.05, 4.69) is 39.9 Å². The van der Waals surface area contributed by atoms with E-state index in [4.69, 9.17) is 4.74 Å². The maximum atomic E-state index is 5.49. The predicted octanol–water partition coefficient (Wildman–Crippen LogP) is 3.42. The van der Waals surface area contributed by atoms with Gasteiger partial charge in [-0.15, -0.1) is 0 Å². The molecule has 0 aliphatic carbocycles. The molecule has 1 N–H and O–H groups in total. The molecule has 0 amide bonds. The third kappa shape index (κ3) is 2.60. The van der Waals surface area contributed by atoms with Crippen molar-refractivity contribution in [1.82, 2.24) is 5.32 Å². The third-order valence-electron chi connectivity index (χ3n) is 4.61. The van der Waals surface area contributed by atoms with Crippen molar-refractivity contribution in [2.45, 2.75) is 60.1 Å². The molecule has 2 nitrogen and oxygen atoms in total. The largest absolute Gasteiger partial charge is 0.367 e. The first kappa shape index (κ1) is 14.0. The third-order valence-corrected chi connectivity index (χ3v) is 4.61. The van der Waals surface area contributed by atoms with Crippen LogP contribution in [0.1, 0.15) is 53.9 Å². The van der Waals surface area contributed by atoms with Gasteiger partial charge in [-0.3, -0.25) is 5.32 Å². The zero-order chi connectivity index (χ0) is 12.4. The Morgan fingerprint density at radius 1 is 1.25 bits per heavy atom. The van der Waals surface area contributed by atoms with Crippen LogP contribution in [0.5, 0.6) is 0 Å². The number of piperidine rings is 1. The van der Waals surface area contributed by atoms with E-state index >= 15 is 0 Å². The van der Waals surface area contributed by atoms with Gasteiger partial charge in [0.2, 0.25) is 0 Å². The van der Waals surface area contributed by atoms with Crippen molar-refractivity contribution in [1.29, 1.82) is 0 Å². The minimum Gasteiger partial charge on any atom is -0.367 e. The first-order valence-electron chi connectivity index (χ1n) is 6.65. The summed E-state index contributed by atoms with van der Waals surface area (Å²) in [6, 6.07) is 0. The van der Waals surface area contributed by atoms with Crippen LogP contribution in [0.25, 0.3) is 0 Å². The molecule has 1 saturated heterocycles. The predicted molar refractivity (Wildman–Crippen MR) is 69.4 cm³/mol. The van der Waals surface area contributed by atoms with Gasteiger partial charge in [-0.2, -0.15) is 0 Å². The van der Waals surface area contributed by atoms with E-state index in [1.165, 1.54) is 12.8 Å². The summed E-state index contributed by atoms with van der Waals surface area (Å²) in [4.78, 5) is 0. The molecule has 1 fully saturated rings. The Labute approximate surface area is 101 Å². The Balaban J connectivity index is 2.92. The van der Waals surface area contributed by atoms with Crippen molar-refractivity contribution in [2.24, 2.45) is 16.7 Å². The fraction of sp³-hybridized carbons (Fsp3) is 1.00. The highest BCUT2D eigenvalue weighted by molar-refractivity contribution is 4.96. The van der Waals surface area contributed by atoms with E-state index in [0.717, 1.165) is 18.9 Å². The molecule has 1 aliphatic heterocycles. The molecule has 0 spiro atoms. The Morgan fingerprint density at radius 3 is 2.19 bits per heavy atom. The molecule has 0 aromatic carbocycles. The minimum atomic E-state index is 0.246. The van der Waals surface area contributed by atoms with Crippen molar-refractivity contribution in [3.63, 3.8) is 0 Å². The average molecular weight is 227 g/mol. The Hall–Kier alpha value is -0.0800. The van der Waals surface area contributed by atoms with E-state index in [1.807, 2.05) is 7.11 Å². The van der Waals surface area contributed by atoms with Gasteiger partial charge in [0.05, 0.1) is 0 Å². The van der Waals surface area contributed by atoms with E-state index in [9.17, 15) is 0 Å². The molecular weight excluding hydrogens is 198 g/mol. The van der Waals surface area contributed by atoms with Gasteiger partial charge in [-0.1, -0.05) is 34.6 Å². The lowest BCUT2D eigenvalue weighted by Crippen LogP contribution is -2.55. The summed E-state index contributed by atoms with van der Waals surface area (Å²) in [7, 11) is 1.81. The highest BCUT2D eigenvalue weighted by Crippen LogP contribution is 2.49. The zero-order valence-electron chi connectivity index (χ0n) is 11.9. The van der Waals surface area contributed by atoms with Crippen LogP contribution < -0.4 is 5.32 Å². The molecule has 0 radical (unpaired) electrons. The second kappa shape index (κ2) is 5.05. The van der Waals surface area contributed by atoms with Gasteiger partial charge in [0.1, 0.15) is 6.23 Å². The Bertz CT molecular complexity index is 215. The molecular formula is C14H29NO. The summed E-state index contributed by atoms with van der Waals surface area (Å²) in [5.41, 5.74) is 0.818. The first-order valence-corrected chi connectivity index (χ1v) is 6.65. The quantitative estimate of drug-likeness (QED) is 0.797. The second-order valence-electron chi connectivity index (χ2n) is 6.33. The van der Waals surface area contributed by atoms with E-state index in [0.29, 0.717) is 10.8 Å². The summed E-state index contributed by atoms with van der Waals surface area (Å²) >= 11 is 0. The summed E-state index contributed by atoms with van der Waals surface area (Å²) in [5, 5.41) is 3.54. The average Bonchev–Trinajstić information content (AvgIpc) is 2.27. The Morgan fingerprint density at radius 2 is 1.81 bits per heavy atom. The molecule has 1 rings (SSSR count). The highest BCUT2D eigenvalue weighted by atomic mass is 16.5. The molecule has 0 bridgehead atoms. The van der Waals surface area contributed by atoms with Crippen LogP contribution in [0, 0.1) is 16.7 Å². The van der Waals surface area contributed by atoms with Crippen LogP contribution in [-0.4, -0.2) is 19.9 Å². The van der Waals surface area contributed by atoms with Crippen molar-refractivity contribution in [3.8, 4) is 0 Å². The fourth-order valence-corrected chi connectivity index (χ4v) is 3.43. The SMILES string of the molecule is CCC1(CC)CNC(OC)CC1C(C)(C)C. The smallest absolute Gasteiger partial charge is 0.108 e. The Kier molecular flexibility index (Phi) is 4.42.